The Morgan fingerprint density at radius 3 is 2.58 bits per heavy atom. The summed E-state index contributed by atoms with van der Waals surface area (Å²) in [5, 5.41) is 8.66. The van der Waals surface area contributed by atoms with Gasteiger partial charge >= 0.3 is 0 Å². The first-order valence-electron chi connectivity index (χ1n) is 5.46. The van der Waals surface area contributed by atoms with Crippen molar-refractivity contribution in [2.24, 2.45) is 5.92 Å². The molecular formula is C10H24OSi. The molecule has 1 nitrogen and oxygen atoms in total. The fourth-order valence-corrected chi connectivity index (χ4v) is 3.38. The zero-order valence-corrected chi connectivity index (χ0v) is 10.1. The minimum absolute atomic E-state index is 0.0749. The van der Waals surface area contributed by atoms with Gasteiger partial charge in [0.15, 0.2) is 0 Å². The van der Waals surface area contributed by atoms with Crippen LogP contribution in [0.25, 0.3) is 0 Å². The first-order valence-corrected chi connectivity index (χ1v) is 7.46. The van der Waals surface area contributed by atoms with Crippen molar-refractivity contribution in [3.05, 3.63) is 0 Å². The maximum atomic E-state index is 8.66. The Morgan fingerprint density at radius 1 is 1.33 bits per heavy atom. The molecule has 1 unspecified atom stereocenters. The quantitative estimate of drug-likeness (QED) is 0.457. The third-order valence-electron chi connectivity index (χ3n) is 2.56. The normalized spacial score (nSPS) is 14.2. The number of hydrogen-bond acceptors (Lipinski definition) is 1. The molecule has 74 valence electrons. The molecule has 0 aliphatic rings. The Bertz CT molecular complexity index is 85.9. The summed E-state index contributed by atoms with van der Waals surface area (Å²) in [4.78, 5) is 0. The number of aliphatic hydroxyl groups is 1. The van der Waals surface area contributed by atoms with Crippen molar-refractivity contribution >= 4 is 9.52 Å². The Balaban J connectivity index is 3.26. The van der Waals surface area contributed by atoms with E-state index in [0.29, 0.717) is 6.61 Å². The fourth-order valence-electron chi connectivity index (χ4n) is 1.59. The van der Waals surface area contributed by atoms with E-state index < -0.39 is 0 Å². The van der Waals surface area contributed by atoms with Crippen molar-refractivity contribution in [2.45, 2.75) is 51.6 Å². The van der Waals surface area contributed by atoms with E-state index in [1.54, 1.807) is 0 Å². The molecule has 0 aromatic heterocycles. The van der Waals surface area contributed by atoms with E-state index in [0.717, 1.165) is 12.0 Å². The Morgan fingerprint density at radius 2 is 2.08 bits per heavy atom. The van der Waals surface area contributed by atoms with Crippen LogP contribution in [0.15, 0.2) is 0 Å². The molecule has 0 bridgehead atoms. The third-order valence-corrected chi connectivity index (χ3v) is 4.60. The van der Waals surface area contributed by atoms with Crippen LogP contribution in [0.4, 0.5) is 0 Å². The summed E-state index contributed by atoms with van der Waals surface area (Å²) < 4.78 is 0. The van der Waals surface area contributed by atoms with E-state index in [9.17, 15) is 0 Å². The van der Waals surface area contributed by atoms with E-state index >= 15 is 0 Å². The third kappa shape index (κ3) is 6.86. The van der Waals surface area contributed by atoms with E-state index in [1.807, 2.05) is 0 Å². The first-order chi connectivity index (χ1) is 5.85. The molecule has 1 N–H and O–H groups in total. The number of unbranched alkanes of at least 4 members (excludes halogenated alkanes) is 1. The second kappa shape index (κ2) is 9.27. The summed E-state index contributed by atoms with van der Waals surface area (Å²) in [7, 11) is 0.0749. The standard InChI is InChI=1S/C10H24OSi/c1-3-5-6-10(4-2)9-12-8-7-11/h10-11H,3-9,12H2,1-2H3. The average Bonchev–Trinajstić information content (AvgIpc) is 2.11. The largest absolute Gasteiger partial charge is 0.397 e. The van der Waals surface area contributed by atoms with Crippen molar-refractivity contribution < 1.29 is 5.11 Å². The Kier molecular flexibility index (Phi) is 9.40. The van der Waals surface area contributed by atoms with Gasteiger partial charge in [0, 0.05) is 16.1 Å². The van der Waals surface area contributed by atoms with Gasteiger partial charge in [-0.15, -0.1) is 0 Å². The van der Waals surface area contributed by atoms with Gasteiger partial charge < -0.3 is 5.11 Å². The number of hydrogen-bond donors (Lipinski definition) is 1. The second-order valence-corrected chi connectivity index (χ2v) is 5.63. The zero-order valence-electron chi connectivity index (χ0n) is 8.68. The van der Waals surface area contributed by atoms with Gasteiger partial charge in [-0.1, -0.05) is 45.6 Å². The highest BCUT2D eigenvalue weighted by atomic mass is 28.2. The van der Waals surface area contributed by atoms with Gasteiger partial charge in [0.25, 0.3) is 0 Å². The first kappa shape index (κ1) is 12.2. The van der Waals surface area contributed by atoms with Crippen molar-refractivity contribution in [3.8, 4) is 0 Å². The number of aliphatic hydroxyl groups excluding tert-OH is 1. The van der Waals surface area contributed by atoms with Crippen LogP contribution < -0.4 is 0 Å². The molecule has 0 spiro atoms. The lowest BCUT2D eigenvalue weighted by atomic mass is 10.0. The molecule has 0 saturated carbocycles. The van der Waals surface area contributed by atoms with Crippen LogP contribution >= 0.6 is 0 Å². The molecule has 0 fully saturated rings. The van der Waals surface area contributed by atoms with Gasteiger partial charge in [-0.2, -0.15) is 0 Å². The monoisotopic (exact) mass is 188 g/mol. The summed E-state index contributed by atoms with van der Waals surface area (Å²) in [5.41, 5.74) is 0. The lowest BCUT2D eigenvalue weighted by Gasteiger charge is -2.12. The SMILES string of the molecule is CCCCC(CC)C[SiH2]CCO. The Labute approximate surface area is 79.4 Å². The minimum atomic E-state index is 0.0749. The molecule has 0 aliphatic heterocycles. The second-order valence-electron chi connectivity index (χ2n) is 3.64. The molecule has 0 saturated heterocycles. The van der Waals surface area contributed by atoms with E-state index in [4.69, 9.17) is 5.11 Å². The van der Waals surface area contributed by atoms with Crippen molar-refractivity contribution in [1.29, 1.82) is 0 Å². The molecule has 1 atom stereocenters. The van der Waals surface area contributed by atoms with Crippen LogP contribution in [-0.2, 0) is 0 Å². The smallest absolute Gasteiger partial charge is 0.0402 e. The lowest BCUT2D eigenvalue weighted by Crippen LogP contribution is -2.04. The molecule has 12 heavy (non-hydrogen) atoms. The molecule has 0 radical (unpaired) electrons. The molecule has 2 heteroatoms. The van der Waals surface area contributed by atoms with Gasteiger partial charge in [0.2, 0.25) is 0 Å². The van der Waals surface area contributed by atoms with Crippen LogP contribution in [0.2, 0.25) is 12.1 Å². The van der Waals surface area contributed by atoms with Crippen LogP contribution in [0.1, 0.15) is 39.5 Å². The highest BCUT2D eigenvalue weighted by Crippen LogP contribution is 2.16. The van der Waals surface area contributed by atoms with Gasteiger partial charge in [-0.05, 0) is 12.0 Å². The summed E-state index contributed by atoms with van der Waals surface area (Å²) >= 11 is 0. The zero-order chi connectivity index (χ0) is 9.23. The van der Waals surface area contributed by atoms with Crippen molar-refractivity contribution in [2.75, 3.05) is 6.61 Å². The fraction of sp³-hybridized carbons (Fsp3) is 1.00. The molecule has 0 aliphatic carbocycles. The maximum Gasteiger partial charge on any atom is 0.0402 e. The van der Waals surface area contributed by atoms with Crippen LogP contribution in [0, 0.1) is 5.92 Å². The van der Waals surface area contributed by atoms with Crippen molar-refractivity contribution in [3.63, 3.8) is 0 Å². The molecule has 0 heterocycles. The summed E-state index contributed by atoms with van der Waals surface area (Å²) in [6.45, 7) is 4.99. The molecule has 0 amide bonds. The summed E-state index contributed by atoms with van der Waals surface area (Å²) in [5.74, 6) is 0.975. The molecule has 0 rings (SSSR count). The van der Waals surface area contributed by atoms with Gasteiger partial charge in [0.1, 0.15) is 0 Å². The van der Waals surface area contributed by atoms with Crippen molar-refractivity contribution in [1.82, 2.24) is 0 Å². The Hall–Kier alpha value is 0.177. The van der Waals surface area contributed by atoms with E-state index in [-0.39, 0.29) is 9.52 Å². The molecule has 0 aromatic rings. The van der Waals surface area contributed by atoms with Crippen LogP contribution in [-0.4, -0.2) is 21.2 Å². The molecule has 0 aromatic carbocycles. The van der Waals surface area contributed by atoms with E-state index in [1.165, 1.54) is 31.7 Å². The van der Waals surface area contributed by atoms with Gasteiger partial charge in [-0.3, -0.25) is 0 Å². The average molecular weight is 188 g/mol. The van der Waals surface area contributed by atoms with Crippen LogP contribution in [0.3, 0.4) is 0 Å². The van der Waals surface area contributed by atoms with Gasteiger partial charge in [0.05, 0.1) is 0 Å². The predicted molar refractivity (Wildman–Crippen MR) is 58.5 cm³/mol. The molecular weight excluding hydrogens is 164 g/mol. The lowest BCUT2D eigenvalue weighted by molar-refractivity contribution is 0.317. The number of rotatable bonds is 8. The highest BCUT2D eigenvalue weighted by Gasteiger charge is 2.04. The topological polar surface area (TPSA) is 20.2 Å². The van der Waals surface area contributed by atoms with Crippen LogP contribution in [0.5, 0.6) is 0 Å². The predicted octanol–water partition coefficient (Wildman–Crippen LogP) is 2.20. The van der Waals surface area contributed by atoms with Gasteiger partial charge in [-0.25, -0.2) is 0 Å². The minimum Gasteiger partial charge on any atom is -0.397 e. The summed E-state index contributed by atoms with van der Waals surface area (Å²) in [6.07, 6.45) is 5.49. The summed E-state index contributed by atoms with van der Waals surface area (Å²) in [6, 6.07) is 2.58. The highest BCUT2D eigenvalue weighted by molar-refractivity contribution is 6.35. The van der Waals surface area contributed by atoms with E-state index in [2.05, 4.69) is 13.8 Å². The maximum absolute atomic E-state index is 8.66.